The molecule has 0 aliphatic heterocycles. The lowest BCUT2D eigenvalue weighted by molar-refractivity contribution is 0.853. The molecule has 1 atom stereocenters. The molecule has 0 radical (unpaired) electrons. The zero-order chi connectivity index (χ0) is 13.1. The van der Waals surface area contributed by atoms with E-state index >= 15 is 0 Å². The average Bonchev–Trinajstić information content (AvgIpc) is 2.48. The molecule has 2 aromatic rings. The predicted molar refractivity (Wildman–Crippen MR) is 85.2 cm³/mol. The van der Waals surface area contributed by atoms with Crippen molar-refractivity contribution in [2.45, 2.75) is 12.3 Å². The van der Waals surface area contributed by atoms with Gasteiger partial charge in [0.25, 0.3) is 0 Å². The number of benzene rings is 2. The average molecular weight is 311 g/mol. The van der Waals surface area contributed by atoms with Crippen LogP contribution in [0, 0.1) is 0 Å². The van der Waals surface area contributed by atoms with Gasteiger partial charge in [0.2, 0.25) is 0 Å². The van der Waals surface area contributed by atoms with Crippen molar-refractivity contribution in [3.8, 4) is 11.1 Å². The van der Waals surface area contributed by atoms with Crippen LogP contribution >= 0.6 is 15.9 Å². The van der Waals surface area contributed by atoms with Crippen molar-refractivity contribution >= 4 is 15.9 Å². The highest BCUT2D eigenvalue weighted by atomic mass is 79.9. The third kappa shape index (κ3) is 2.87. The minimum atomic E-state index is 0.491. The van der Waals surface area contributed by atoms with Gasteiger partial charge in [0.1, 0.15) is 0 Å². The quantitative estimate of drug-likeness (QED) is 0.666. The summed E-state index contributed by atoms with van der Waals surface area (Å²) in [5.41, 5.74) is 3.90. The minimum absolute atomic E-state index is 0.491. The molecule has 0 saturated heterocycles. The second-order valence-electron chi connectivity index (χ2n) is 4.79. The molecule has 0 spiro atoms. The topological polar surface area (TPSA) is 0 Å². The summed E-state index contributed by atoms with van der Waals surface area (Å²) in [6.45, 7) is 0. The van der Waals surface area contributed by atoms with Crippen LogP contribution in [0.25, 0.3) is 11.1 Å². The van der Waals surface area contributed by atoms with Gasteiger partial charge in [-0.1, -0.05) is 76.6 Å². The molecule has 19 heavy (non-hydrogen) atoms. The molecular weight excluding hydrogens is 296 g/mol. The summed E-state index contributed by atoms with van der Waals surface area (Å²) in [4.78, 5) is 0. The molecule has 0 heterocycles. The van der Waals surface area contributed by atoms with E-state index in [-0.39, 0.29) is 0 Å². The highest BCUT2D eigenvalue weighted by Crippen LogP contribution is 2.31. The Kier molecular flexibility index (Phi) is 3.65. The Morgan fingerprint density at radius 3 is 2.47 bits per heavy atom. The van der Waals surface area contributed by atoms with Crippen molar-refractivity contribution in [2.24, 2.45) is 0 Å². The minimum Gasteiger partial charge on any atom is -0.0836 e. The molecule has 0 N–H and O–H groups in total. The van der Waals surface area contributed by atoms with Crippen LogP contribution in [0.2, 0.25) is 0 Å². The highest BCUT2D eigenvalue weighted by molar-refractivity contribution is 9.10. The summed E-state index contributed by atoms with van der Waals surface area (Å²) >= 11 is 3.63. The molecule has 0 saturated carbocycles. The van der Waals surface area contributed by atoms with Gasteiger partial charge >= 0.3 is 0 Å². The Bertz CT molecular complexity index is 623. The van der Waals surface area contributed by atoms with E-state index in [0.717, 1.165) is 10.9 Å². The van der Waals surface area contributed by atoms with E-state index in [1.807, 2.05) is 0 Å². The SMILES string of the molecule is Brc1cc(-c2ccccc2)cc(C2C=CC=CC2)c1. The lowest BCUT2D eigenvalue weighted by atomic mass is 9.90. The standard InChI is InChI=1S/C18H15Br/c19-18-12-16(14-7-3-1-4-8-14)11-17(13-18)15-9-5-2-6-10-15/h1-9,11-13,15H,10H2. The third-order valence-corrected chi connectivity index (χ3v) is 3.89. The molecule has 0 nitrogen and oxygen atoms in total. The molecule has 1 unspecified atom stereocenters. The van der Waals surface area contributed by atoms with Gasteiger partial charge in [0.15, 0.2) is 0 Å². The summed E-state index contributed by atoms with van der Waals surface area (Å²) in [5, 5.41) is 0. The molecule has 0 aromatic heterocycles. The Labute approximate surface area is 122 Å². The van der Waals surface area contributed by atoms with Gasteiger partial charge in [-0.05, 0) is 35.2 Å². The van der Waals surface area contributed by atoms with E-state index < -0.39 is 0 Å². The third-order valence-electron chi connectivity index (χ3n) is 3.44. The zero-order valence-electron chi connectivity index (χ0n) is 10.6. The molecule has 2 aromatic carbocycles. The highest BCUT2D eigenvalue weighted by Gasteiger charge is 2.10. The van der Waals surface area contributed by atoms with Gasteiger partial charge in [0, 0.05) is 10.4 Å². The number of hydrogen-bond acceptors (Lipinski definition) is 0. The van der Waals surface area contributed by atoms with Crippen molar-refractivity contribution < 1.29 is 0 Å². The molecule has 3 rings (SSSR count). The smallest absolute Gasteiger partial charge is 0.0184 e. The molecule has 94 valence electrons. The van der Waals surface area contributed by atoms with E-state index in [0.29, 0.717) is 5.92 Å². The van der Waals surface area contributed by atoms with Gasteiger partial charge in [-0.3, -0.25) is 0 Å². The number of allylic oxidation sites excluding steroid dienone is 4. The molecule has 1 heteroatoms. The first-order chi connectivity index (χ1) is 9.33. The van der Waals surface area contributed by atoms with Gasteiger partial charge < -0.3 is 0 Å². The van der Waals surface area contributed by atoms with Crippen molar-refractivity contribution in [1.29, 1.82) is 0 Å². The second kappa shape index (κ2) is 5.58. The second-order valence-corrected chi connectivity index (χ2v) is 5.71. The fraction of sp³-hybridized carbons (Fsp3) is 0.111. The first-order valence-corrected chi connectivity index (χ1v) is 7.31. The van der Waals surface area contributed by atoms with Gasteiger partial charge in [-0.15, -0.1) is 0 Å². The Hall–Kier alpha value is -1.60. The molecule has 0 amide bonds. The van der Waals surface area contributed by atoms with Crippen molar-refractivity contribution in [3.63, 3.8) is 0 Å². The van der Waals surface area contributed by atoms with E-state index in [2.05, 4.69) is 88.8 Å². The van der Waals surface area contributed by atoms with Crippen molar-refractivity contribution in [3.05, 3.63) is 82.9 Å². The largest absolute Gasteiger partial charge is 0.0836 e. The lowest BCUT2D eigenvalue weighted by Crippen LogP contribution is -1.96. The number of halogens is 1. The van der Waals surface area contributed by atoms with Crippen molar-refractivity contribution in [1.82, 2.24) is 0 Å². The van der Waals surface area contributed by atoms with E-state index in [1.165, 1.54) is 16.7 Å². The number of hydrogen-bond donors (Lipinski definition) is 0. The van der Waals surface area contributed by atoms with E-state index in [4.69, 9.17) is 0 Å². The van der Waals surface area contributed by atoms with Gasteiger partial charge in [-0.2, -0.15) is 0 Å². The molecular formula is C18H15Br. The number of rotatable bonds is 2. The first-order valence-electron chi connectivity index (χ1n) is 6.52. The zero-order valence-corrected chi connectivity index (χ0v) is 12.2. The van der Waals surface area contributed by atoms with Crippen LogP contribution in [0.15, 0.2) is 77.3 Å². The van der Waals surface area contributed by atoms with Crippen LogP contribution < -0.4 is 0 Å². The van der Waals surface area contributed by atoms with E-state index in [9.17, 15) is 0 Å². The van der Waals surface area contributed by atoms with Crippen LogP contribution in [0.3, 0.4) is 0 Å². The predicted octanol–water partition coefficient (Wildman–Crippen LogP) is 5.72. The Balaban J connectivity index is 2.01. The van der Waals surface area contributed by atoms with E-state index in [1.54, 1.807) is 0 Å². The maximum atomic E-state index is 3.63. The van der Waals surface area contributed by atoms with Crippen LogP contribution in [0.4, 0.5) is 0 Å². The van der Waals surface area contributed by atoms with Crippen LogP contribution in [0.5, 0.6) is 0 Å². The lowest BCUT2D eigenvalue weighted by Gasteiger charge is -2.15. The van der Waals surface area contributed by atoms with Gasteiger partial charge in [0.05, 0.1) is 0 Å². The summed E-state index contributed by atoms with van der Waals surface area (Å²) < 4.78 is 1.15. The van der Waals surface area contributed by atoms with Gasteiger partial charge in [-0.25, -0.2) is 0 Å². The van der Waals surface area contributed by atoms with Crippen LogP contribution in [-0.4, -0.2) is 0 Å². The molecule has 1 aliphatic carbocycles. The molecule has 1 aliphatic rings. The molecule has 0 fully saturated rings. The van der Waals surface area contributed by atoms with Crippen molar-refractivity contribution in [2.75, 3.05) is 0 Å². The summed E-state index contributed by atoms with van der Waals surface area (Å²) in [5.74, 6) is 0.491. The summed E-state index contributed by atoms with van der Waals surface area (Å²) in [6, 6.07) is 17.2. The monoisotopic (exact) mass is 310 g/mol. The van der Waals surface area contributed by atoms with Crippen LogP contribution in [-0.2, 0) is 0 Å². The fourth-order valence-corrected chi connectivity index (χ4v) is 2.96. The Morgan fingerprint density at radius 1 is 0.895 bits per heavy atom. The molecule has 0 bridgehead atoms. The Morgan fingerprint density at radius 2 is 1.74 bits per heavy atom. The summed E-state index contributed by atoms with van der Waals surface area (Å²) in [7, 11) is 0. The fourth-order valence-electron chi connectivity index (χ4n) is 2.45. The maximum absolute atomic E-state index is 3.63. The normalized spacial score (nSPS) is 17.6. The maximum Gasteiger partial charge on any atom is 0.0184 e. The summed E-state index contributed by atoms with van der Waals surface area (Å²) in [6.07, 6.45) is 9.84. The van der Waals surface area contributed by atoms with Crippen LogP contribution in [0.1, 0.15) is 17.9 Å². The first kappa shape index (κ1) is 12.4.